The van der Waals surface area contributed by atoms with E-state index in [1.807, 2.05) is 5.41 Å². The van der Waals surface area contributed by atoms with E-state index in [0.29, 0.717) is 11.3 Å². The molecule has 3 nitrogen and oxygen atoms in total. The first-order chi connectivity index (χ1) is 5.75. The molecule has 0 saturated heterocycles. The van der Waals surface area contributed by atoms with Crippen LogP contribution in [0.5, 0.6) is 0 Å². The largest absolute Gasteiger partial charge is 0.368 e. The summed E-state index contributed by atoms with van der Waals surface area (Å²) in [6.07, 6.45) is 1.10. The van der Waals surface area contributed by atoms with E-state index in [-0.39, 0.29) is 5.97 Å². The monoisotopic (exact) mass is 185 g/mol. The minimum Gasteiger partial charge on any atom is -0.312 e. The summed E-state index contributed by atoms with van der Waals surface area (Å²) >= 11 is 1.61. The van der Waals surface area contributed by atoms with Crippen LogP contribution in [0.1, 0.15) is 20.3 Å². The fourth-order valence-electron chi connectivity index (χ4n) is 0.749. The van der Waals surface area contributed by atoms with Gasteiger partial charge in [0.25, 0.3) is 0 Å². The molecule has 0 aliphatic carbocycles. The van der Waals surface area contributed by atoms with Crippen LogP contribution in [0.3, 0.4) is 0 Å². The summed E-state index contributed by atoms with van der Waals surface area (Å²) in [7, 11) is 0. The molecule has 0 aromatic rings. The van der Waals surface area contributed by atoms with Gasteiger partial charge in [-0.3, -0.25) is 0 Å². The second-order valence-corrected chi connectivity index (χ2v) is 3.44. The Morgan fingerprint density at radius 3 is 2.92 bits per heavy atom. The van der Waals surface area contributed by atoms with Crippen LogP contribution in [0, 0.1) is 0 Å². The number of thioether (sulfide) groups is 1. The molecule has 0 aromatic carbocycles. The Morgan fingerprint density at radius 2 is 2.42 bits per heavy atom. The van der Waals surface area contributed by atoms with E-state index in [1.54, 1.807) is 18.7 Å². The molecule has 66 valence electrons. The molecule has 0 atom stereocenters. The highest BCUT2D eigenvalue weighted by molar-refractivity contribution is 8.02. The van der Waals surface area contributed by atoms with Gasteiger partial charge in [-0.15, -0.1) is 11.8 Å². The predicted molar refractivity (Wildman–Crippen MR) is 50.0 cm³/mol. The Morgan fingerprint density at radius 1 is 1.67 bits per heavy atom. The molecule has 0 saturated carbocycles. The van der Waals surface area contributed by atoms with Crippen molar-refractivity contribution in [1.29, 1.82) is 0 Å². The van der Waals surface area contributed by atoms with Crippen molar-refractivity contribution >= 4 is 23.4 Å². The standard InChI is InChI=1S/C8H11NO2S/c1-3-4-12-5-7-6(2)9-11-8(7)10/h5H,3-4H2,1-2H3/b7-5+. The summed E-state index contributed by atoms with van der Waals surface area (Å²) < 4.78 is 0. The van der Waals surface area contributed by atoms with Gasteiger partial charge in [0, 0.05) is 0 Å². The third-order valence-electron chi connectivity index (χ3n) is 1.40. The Bertz CT molecular complexity index is 245. The first-order valence-corrected chi connectivity index (χ1v) is 4.88. The minimum atomic E-state index is -0.337. The number of carbonyl (C=O) groups excluding carboxylic acids is 1. The maximum absolute atomic E-state index is 11.0. The third kappa shape index (κ3) is 2.11. The Hall–Kier alpha value is -0.770. The van der Waals surface area contributed by atoms with Crippen LogP contribution in [0.2, 0.25) is 0 Å². The predicted octanol–water partition coefficient (Wildman–Crippen LogP) is 1.95. The molecule has 1 rings (SSSR count). The van der Waals surface area contributed by atoms with Crippen LogP contribution in [0.25, 0.3) is 0 Å². The zero-order chi connectivity index (χ0) is 8.97. The molecule has 0 bridgehead atoms. The Labute approximate surface area is 75.8 Å². The lowest BCUT2D eigenvalue weighted by Crippen LogP contribution is -2.01. The molecule has 0 radical (unpaired) electrons. The van der Waals surface area contributed by atoms with E-state index >= 15 is 0 Å². The number of hydrogen-bond acceptors (Lipinski definition) is 4. The van der Waals surface area contributed by atoms with Crippen molar-refractivity contribution in [3.8, 4) is 0 Å². The molecular formula is C8H11NO2S. The maximum atomic E-state index is 11.0. The molecule has 0 fully saturated rings. The van der Waals surface area contributed by atoms with Gasteiger partial charge in [0.05, 0.1) is 11.3 Å². The van der Waals surface area contributed by atoms with Crippen molar-refractivity contribution in [3.05, 3.63) is 11.0 Å². The molecule has 0 N–H and O–H groups in total. The SMILES string of the molecule is CCCS/C=C1/C(=O)ON=C1C. The highest BCUT2D eigenvalue weighted by Crippen LogP contribution is 2.15. The van der Waals surface area contributed by atoms with E-state index in [2.05, 4.69) is 16.9 Å². The number of carbonyl (C=O) groups is 1. The van der Waals surface area contributed by atoms with Crippen molar-refractivity contribution in [2.45, 2.75) is 20.3 Å². The molecule has 12 heavy (non-hydrogen) atoms. The second-order valence-electron chi connectivity index (χ2n) is 2.46. The highest BCUT2D eigenvalue weighted by Gasteiger charge is 2.21. The quantitative estimate of drug-likeness (QED) is 0.383. The van der Waals surface area contributed by atoms with Crippen molar-refractivity contribution in [2.24, 2.45) is 5.16 Å². The molecule has 4 heteroatoms. The lowest BCUT2D eigenvalue weighted by molar-refractivity contribution is -0.136. The summed E-state index contributed by atoms with van der Waals surface area (Å²) in [4.78, 5) is 15.4. The van der Waals surface area contributed by atoms with Gasteiger partial charge in [0.15, 0.2) is 0 Å². The Balaban J connectivity index is 2.54. The third-order valence-corrected chi connectivity index (χ3v) is 2.44. The fraction of sp³-hybridized carbons (Fsp3) is 0.500. The summed E-state index contributed by atoms with van der Waals surface area (Å²) in [5.74, 6) is 0.681. The van der Waals surface area contributed by atoms with Crippen LogP contribution < -0.4 is 0 Å². The number of hydrogen-bond donors (Lipinski definition) is 0. The lowest BCUT2D eigenvalue weighted by Gasteiger charge is -1.92. The summed E-state index contributed by atoms with van der Waals surface area (Å²) in [5.41, 5.74) is 1.26. The van der Waals surface area contributed by atoms with Crippen LogP contribution in [0.4, 0.5) is 0 Å². The van der Waals surface area contributed by atoms with Crippen LogP contribution in [-0.2, 0) is 9.63 Å². The average Bonchev–Trinajstić information content (AvgIpc) is 2.35. The topological polar surface area (TPSA) is 38.7 Å². The van der Waals surface area contributed by atoms with Gasteiger partial charge in [0.1, 0.15) is 0 Å². The molecule has 1 aliphatic heterocycles. The fourth-order valence-corrected chi connectivity index (χ4v) is 1.54. The van der Waals surface area contributed by atoms with E-state index in [0.717, 1.165) is 12.2 Å². The molecule has 0 spiro atoms. The van der Waals surface area contributed by atoms with Gasteiger partial charge < -0.3 is 4.84 Å². The second kappa shape index (κ2) is 4.30. The normalized spacial score (nSPS) is 19.7. The van der Waals surface area contributed by atoms with E-state index < -0.39 is 0 Å². The maximum Gasteiger partial charge on any atom is 0.368 e. The Kier molecular flexibility index (Phi) is 3.34. The smallest absolute Gasteiger partial charge is 0.312 e. The molecular weight excluding hydrogens is 174 g/mol. The van der Waals surface area contributed by atoms with Crippen LogP contribution >= 0.6 is 11.8 Å². The summed E-state index contributed by atoms with van der Waals surface area (Å²) in [6.45, 7) is 3.86. The van der Waals surface area contributed by atoms with E-state index in [9.17, 15) is 4.79 Å². The first kappa shape index (κ1) is 9.32. The van der Waals surface area contributed by atoms with Crippen LogP contribution in [0.15, 0.2) is 16.1 Å². The molecule has 1 aliphatic rings. The van der Waals surface area contributed by atoms with E-state index in [4.69, 9.17) is 0 Å². The first-order valence-electron chi connectivity index (χ1n) is 3.83. The van der Waals surface area contributed by atoms with Crippen molar-refractivity contribution in [3.63, 3.8) is 0 Å². The van der Waals surface area contributed by atoms with Gasteiger partial charge in [-0.05, 0) is 24.5 Å². The molecule has 0 amide bonds. The average molecular weight is 185 g/mol. The van der Waals surface area contributed by atoms with Gasteiger partial charge in [-0.2, -0.15) is 0 Å². The zero-order valence-corrected chi connectivity index (χ0v) is 7.98. The summed E-state index contributed by atoms with van der Waals surface area (Å²) in [6, 6.07) is 0. The molecule has 0 unspecified atom stereocenters. The van der Waals surface area contributed by atoms with Gasteiger partial charge in [-0.1, -0.05) is 12.1 Å². The number of rotatable bonds is 3. The number of oxime groups is 1. The summed E-state index contributed by atoms with van der Waals surface area (Å²) in [5, 5.41) is 5.38. The zero-order valence-electron chi connectivity index (χ0n) is 7.16. The lowest BCUT2D eigenvalue weighted by atomic mass is 10.2. The van der Waals surface area contributed by atoms with Gasteiger partial charge in [-0.25, -0.2) is 4.79 Å². The highest BCUT2D eigenvalue weighted by atomic mass is 32.2. The van der Waals surface area contributed by atoms with Crippen LogP contribution in [-0.4, -0.2) is 17.4 Å². The van der Waals surface area contributed by atoms with Gasteiger partial charge >= 0.3 is 5.97 Å². The molecule has 1 heterocycles. The minimum absolute atomic E-state index is 0.337. The molecule has 0 aromatic heterocycles. The van der Waals surface area contributed by atoms with Crippen molar-refractivity contribution in [1.82, 2.24) is 0 Å². The number of nitrogens with zero attached hydrogens (tertiary/aromatic N) is 1. The van der Waals surface area contributed by atoms with Gasteiger partial charge in [0.2, 0.25) is 0 Å². The van der Waals surface area contributed by atoms with E-state index in [1.165, 1.54) is 0 Å². The van der Waals surface area contributed by atoms with Crippen molar-refractivity contribution in [2.75, 3.05) is 5.75 Å². The van der Waals surface area contributed by atoms with Crippen molar-refractivity contribution < 1.29 is 9.63 Å².